The molecular formula is C16H15BrFN. The fraction of sp³-hybridized carbons (Fsp3) is 0.250. The summed E-state index contributed by atoms with van der Waals surface area (Å²) in [5.74, 6) is -0.179. The average molecular weight is 320 g/mol. The lowest BCUT2D eigenvalue weighted by Gasteiger charge is -2.28. The fourth-order valence-corrected chi connectivity index (χ4v) is 3.16. The summed E-state index contributed by atoms with van der Waals surface area (Å²) >= 11 is 3.35. The van der Waals surface area contributed by atoms with Gasteiger partial charge in [-0.25, -0.2) is 4.39 Å². The number of nitrogens with zero attached hydrogens (tertiary/aromatic N) is 1. The first-order valence-electron chi connectivity index (χ1n) is 6.45. The van der Waals surface area contributed by atoms with Gasteiger partial charge in [-0.15, -0.1) is 0 Å². The molecule has 0 N–H and O–H groups in total. The molecule has 3 rings (SSSR count). The van der Waals surface area contributed by atoms with E-state index in [0.29, 0.717) is 0 Å². The monoisotopic (exact) mass is 319 g/mol. The van der Waals surface area contributed by atoms with Gasteiger partial charge in [-0.3, -0.25) is 4.90 Å². The summed E-state index contributed by atoms with van der Waals surface area (Å²) < 4.78 is 14.2. The third-order valence-electron chi connectivity index (χ3n) is 3.54. The highest BCUT2D eigenvalue weighted by Crippen LogP contribution is 2.22. The number of benzene rings is 2. The first-order chi connectivity index (χ1) is 9.20. The second kappa shape index (κ2) is 5.43. The largest absolute Gasteiger partial charge is 0.294 e. The molecule has 2 aromatic carbocycles. The van der Waals surface area contributed by atoms with E-state index in [1.54, 1.807) is 6.07 Å². The van der Waals surface area contributed by atoms with E-state index >= 15 is 0 Å². The Hall–Kier alpha value is -1.19. The van der Waals surface area contributed by atoms with Gasteiger partial charge in [0.05, 0.1) is 0 Å². The van der Waals surface area contributed by atoms with E-state index in [1.165, 1.54) is 17.2 Å². The van der Waals surface area contributed by atoms with Crippen LogP contribution in [0.25, 0.3) is 0 Å². The predicted octanol–water partition coefficient (Wildman–Crippen LogP) is 4.15. The van der Waals surface area contributed by atoms with Crippen molar-refractivity contribution in [3.63, 3.8) is 0 Å². The molecule has 0 aromatic heterocycles. The van der Waals surface area contributed by atoms with E-state index in [4.69, 9.17) is 0 Å². The molecule has 1 nitrogen and oxygen atoms in total. The van der Waals surface area contributed by atoms with Crippen molar-refractivity contribution in [1.29, 1.82) is 0 Å². The molecule has 1 heterocycles. The first kappa shape index (κ1) is 12.8. The van der Waals surface area contributed by atoms with Gasteiger partial charge in [0, 0.05) is 24.1 Å². The Labute approximate surface area is 121 Å². The third-order valence-corrected chi connectivity index (χ3v) is 4.00. The predicted molar refractivity (Wildman–Crippen MR) is 78.4 cm³/mol. The van der Waals surface area contributed by atoms with Gasteiger partial charge < -0.3 is 0 Å². The van der Waals surface area contributed by atoms with Crippen LogP contribution < -0.4 is 0 Å². The summed E-state index contributed by atoms with van der Waals surface area (Å²) in [7, 11) is 0. The summed E-state index contributed by atoms with van der Waals surface area (Å²) in [6.45, 7) is 2.78. The van der Waals surface area contributed by atoms with Crippen LogP contribution in [0, 0.1) is 5.82 Å². The van der Waals surface area contributed by atoms with E-state index in [2.05, 4.69) is 45.1 Å². The van der Waals surface area contributed by atoms with E-state index in [1.807, 2.05) is 6.07 Å². The molecule has 0 amide bonds. The minimum Gasteiger partial charge on any atom is -0.294 e. The van der Waals surface area contributed by atoms with Crippen LogP contribution in [0.15, 0.2) is 46.9 Å². The van der Waals surface area contributed by atoms with Crippen molar-refractivity contribution >= 4 is 15.9 Å². The van der Waals surface area contributed by atoms with E-state index in [0.717, 1.165) is 36.1 Å². The smallest absolute Gasteiger partial charge is 0.124 e. The SMILES string of the molecule is Fc1cc(Br)cc(CN2CCc3ccccc3C2)c1. The zero-order chi connectivity index (χ0) is 13.2. The molecule has 19 heavy (non-hydrogen) atoms. The number of hydrogen-bond acceptors (Lipinski definition) is 1. The molecule has 0 saturated carbocycles. The molecule has 0 unspecified atom stereocenters. The van der Waals surface area contributed by atoms with Crippen molar-refractivity contribution < 1.29 is 4.39 Å². The van der Waals surface area contributed by atoms with Gasteiger partial charge in [-0.1, -0.05) is 40.2 Å². The lowest BCUT2D eigenvalue weighted by molar-refractivity contribution is 0.245. The number of halogens is 2. The highest BCUT2D eigenvalue weighted by molar-refractivity contribution is 9.10. The molecule has 0 spiro atoms. The summed E-state index contributed by atoms with van der Waals surface area (Å²) in [5, 5.41) is 0. The molecule has 0 radical (unpaired) electrons. The molecule has 0 bridgehead atoms. The minimum atomic E-state index is -0.179. The normalized spacial score (nSPS) is 15.3. The van der Waals surface area contributed by atoms with Crippen LogP contribution in [-0.2, 0) is 19.5 Å². The Morgan fingerprint density at radius 1 is 1.11 bits per heavy atom. The van der Waals surface area contributed by atoms with E-state index in [9.17, 15) is 4.39 Å². The fourth-order valence-electron chi connectivity index (χ4n) is 2.65. The molecule has 2 aromatic rings. The molecule has 98 valence electrons. The summed E-state index contributed by atoms with van der Waals surface area (Å²) in [6.07, 6.45) is 1.08. The van der Waals surface area contributed by atoms with Crippen LogP contribution in [-0.4, -0.2) is 11.4 Å². The Morgan fingerprint density at radius 3 is 2.68 bits per heavy atom. The second-order valence-electron chi connectivity index (χ2n) is 5.01. The second-order valence-corrected chi connectivity index (χ2v) is 5.92. The van der Waals surface area contributed by atoms with Gasteiger partial charge in [0.25, 0.3) is 0 Å². The maximum absolute atomic E-state index is 13.4. The van der Waals surface area contributed by atoms with Crippen LogP contribution in [0.2, 0.25) is 0 Å². The standard InChI is InChI=1S/C16H15BrFN/c17-15-7-12(8-16(18)9-15)10-19-6-5-13-3-1-2-4-14(13)11-19/h1-4,7-9H,5-6,10-11H2. The van der Waals surface area contributed by atoms with Crippen molar-refractivity contribution in [2.24, 2.45) is 0 Å². The Morgan fingerprint density at radius 2 is 1.89 bits per heavy atom. The lowest BCUT2D eigenvalue weighted by Crippen LogP contribution is -2.30. The third kappa shape index (κ3) is 3.04. The number of fused-ring (bicyclic) bond motifs is 1. The van der Waals surface area contributed by atoms with Gasteiger partial charge in [0.1, 0.15) is 5.82 Å². The first-order valence-corrected chi connectivity index (χ1v) is 7.24. The maximum Gasteiger partial charge on any atom is 0.124 e. The van der Waals surface area contributed by atoms with Crippen LogP contribution in [0.5, 0.6) is 0 Å². The Kier molecular flexibility index (Phi) is 3.67. The zero-order valence-corrected chi connectivity index (χ0v) is 12.2. The average Bonchev–Trinajstić information content (AvgIpc) is 2.37. The summed E-state index contributed by atoms with van der Waals surface area (Å²) in [6, 6.07) is 13.7. The van der Waals surface area contributed by atoms with E-state index in [-0.39, 0.29) is 5.82 Å². The lowest BCUT2D eigenvalue weighted by atomic mass is 9.99. The van der Waals surface area contributed by atoms with Gasteiger partial charge in [0.2, 0.25) is 0 Å². The molecular weight excluding hydrogens is 305 g/mol. The minimum absolute atomic E-state index is 0.179. The quantitative estimate of drug-likeness (QED) is 0.804. The van der Waals surface area contributed by atoms with Crippen molar-refractivity contribution in [1.82, 2.24) is 4.90 Å². The highest BCUT2D eigenvalue weighted by atomic mass is 79.9. The van der Waals surface area contributed by atoms with Crippen LogP contribution in [0.3, 0.4) is 0 Å². The maximum atomic E-state index is 13.4. The van der Waals surface area contributed by atoms with Gasteiger partial charge in [-0.05, 0) is 41.3 Å². The van der Waals surface area contributed by atoms with Crippen LogP contribution in [0.1, 0.15) is 16.7 Å². The van der Waals surface area contributed by atoms with Crippen molar-refractivity contribution in [2.45, 2.75) is 19.5 Å². The Bertz CT molecular complexity index is 577. The summed E-state index contributed by atoms with van der Waals surface area (Å²) in [5.41, 5.74) is 3.86. The summed E-state index contributed by atoms with van der Waals surface area (Å²) in [4.78, 5) is 2.36. The Balaban J connectivity index is 1.75. The topological polar surface area (TPSA) is 3.24 Å². The van der Waals surface area contributed by atoms with Gasteiger partial charge in [0.15, 0.2) is 0 Å². The molecule has 1 aliphatic heterocycles. The number of hydrogen-bond donors (Lipinski definition) is 0. The molecule has 0 saturated heterocycles. The van der Waals surface area contributed by atoms with Gasteiger partial charge in [-0.2, -0.15) is 0 Å². The molecule has 1 aliphatic rings. The van der Waals surface area contributed by atoms with E-state index < -0.39 is 0 Å². The van der Waals surface area contributed by atoms with Crippen LogP contribution >= 0.6 is 15.9 Å². The zero-order valence-electron chi connectivity index (χ0n) is 10.6. The molecule has 0 fully saturated rings. The van der Waals surface area contributed by atoms with Crippen molar-refractivity contribution in [3.05, 3.63) is 69.4 Å². The molecule has 0 aliphatic carbocycles. The molecule has 3 heteroatoms. The van der Waals surface area contributed by atoms with Crippen molar-refractivity contribution in [2.75, 3.05) is 6.54 Å². The number of rotatable bonds is 2. The van der Waals surface area contributed by atoms with Crippen LogP contribution in [0.4, 0.5) is 4.39 Å². The van der Waals surface area contributed by atoms with Gasteiger partial charge >= 0.3 is 0 Å². The highest BCUT2D eigenvalue weighted by Gasteiger charge is 2.16. The molecule has 0 atom stereocenters. The van der Waals surface area contributed by atoms with Crippen molar-refractivity contribution in [3.8, 4) is 0 Å².